The van der Waals surface area contributed by atoms with E-state index >= 15 is 0 Å². The molecule has 2 heterocycles. The Balaban J connectivity index is 1.69. The third kappa shape index (κ3) is 5.51. The molecule has 1 aliphatic rings. The quantitative estimate of drug-likeness (QED) is 0.773. The zero-order valence-corrected chi connectivity index (χ0v) is 13.8. The van der Waals surface area contributed by atoms with E-state index in [-0.39, 0.29) is 24.5 Å². The monoisotopic (exact) mass is 324 g/mol. The van der Waals surface area contributed by atoms with Gasteiger partial charge in [-0.25, -0.2) is 4.79 Å². The Morgan fingerprint density at radius 1 is 1.22 bits per heavy atom. The van der Waals surface area contributed by atoms with Gasteiger partial charge < -0.3 is 20.0 Å². The summed E-state index contributed by atoms with van der Waals surface area (Å²) in [5.74, 6) is 0.882. The lowest BCUT2D eigenvalue weighted by Crippen LogP contribution is -2.53. The van der Waals surface area contributed by atoms with Gasteiger partial charge in [-0.2, -0.15) is 0 Å². The van der Waals surface area contributed by atoms with Gasteiger partial charge >= 0.3 is 6.03 Å². The highest BCUT2D eigenvalue weighted by Crippen LogP contribution is 2.03. The molecule has 1 aliphatic heterocycles. The van der Waals surface area contributed by atoms with Crippen LogP contribution in [0.5, 0.6) is 0 Å². The summed E-state index contributed by atoms with van der Waals surface area (Å²) in [7, 11) is 0. The van der Waals surface area contributed by atoms with Crippen LogP contribution in [0.4, 0.5) is 4.79 Å². The molecule has 0 aliphatic carbocycles. The maximum absolute atomic E-state index is 12.1. The van der Waals surface area contributed by atoms with E-state index in [0.29, 0.717) is 44.5 Å². The molecule has 0 radical (unpaired) electrons. The molecule has 1 fully saturated rings. The third-order valence-electron chi connectivity index (χ3n) is 3.44. The van der Waals surface area contributed by atoms with Crippen molar-refractivity contribution in [2.45, 2.75) is 33.4 Å². The van der Waals surface area contributed by atoms with Gasteiger partial charge in [-0.05, 0) is 13.8 Å². The molecule has 23 heavy (non-hydrogen) atoms. The zero-order chi connectivity index (χ0) is 16.8. The number of hydrogen-bond donors (Lipinski definition) is 2. The first kappa shape index (κ1) is 17.2. The maximum Gasteiger partial charge on any atom is 0.317 e. The van der Waals surface area contributed by atoms with Crippen molar-refractivity contribution in [3.05, 3.63) is 11.8 Å². The largest absolute Gasteiger partial charge is 0.424 e. The highest BCUT2D eigenvalue weighted by molar-refractivity contribution is 5.78. The number of urea groups is 1. The first-order valence-corrected chi connectivity index (χ1v) is 7.77. The molecule has 1 saturated heterocycles. The first-order valence-electron chi connectivity index (χ1n) is 7.77. The van der Waals surface area contributed by atoms with Gasteiger partial charge in [0.15, 0.2) is 0 Å². The minimum absolute atomic E-state index is 0.0182. The van der Waals surface area contributed by atoms with E-state index in [1.807, 2.05) is 18.7 Å². The van der Waals surface area contributed by atoms with Crippen LogP contribution in [0, 0.1) is 6.92 Å². The van der Waals surface area contributed by atoms with Crippen molar-refractivity contribution in [2.75, 3.05) is 32.7 Å². The van der Waals surface area contributed by atoms with Gasteiger partial charge in [0, 0.05) is 39.1 Å². The molecule has 0 spiro atoms. The standard InChI is InChI=1S/C14H24N6O3/c1-10(2)16-12(21)9-19-4-6-20(7-5-19)14(22)15-8-13-18-17-11(3)23-13/h10H,4-9H2,1-3H3,(H,15,22)(H,16,21). The van der Waals surface area contributed by atoms with Crippen LogP contribution >= 0.6 is 0 Å². The lowest BCUT2D eigenvalue weighted by Gasteiger charge is -2.34. The van der Waals surface area contributed by atoms with Crippen LogP contribution in [0.15, 0.2) is 4.42 Å². The third-order valence-corrected chi connectivity index (χ3v) is 3.44. The van der Waals surface area contributed by atoms with Gasteiger partial charge in [0.05, 0.1) is 13.1 Å². The van der Waals surface area contributed by atoms with Crippen molar-refractivity contribution >= 4 is 11.9 Å². The van der Waals surface area contributed by atoms with E-state index < -0.39 is 0 Å². The number of nitrogens with zero attached hydrogens (tertiary/aromatic N) is 4. The molecule has 9 nitrogen and oxygen atoms in total. The fraction of sp³-hybridized carbons (Fsp3) is 0.714. The average molecular weight is 324 g/mol. The van der Waals surface area contributed by atoms with Gasteiger partial charge in [-0.3, -0.25) is 9.69 Å². The Bertz CT molecular complexity index is 536. The molecule has 2 N–H and O–H groups in total. The molecule has 0 atom stereocenters. The van der Waals surface area contributed by atoms with E-state index in [1.165, 1.54) is 0 Å². The molecular weight excluding hydrogens is 300 g/mol. The van der Waals surface area contributed by atoms with Crippen LogP contribution in [-0.2, 0) is 11.3 Å². The first-order chi connectivity index (χ1) is 10.9. The van der Waals surface area contributed by atoms with Gasteiger partial charge in [0.25, 0.3) is 0 Å². The molecule has 0 bridgehead atoms. The van der Waals surface area contributed by atoms with Crippen LogP contribution in [-0.4, -0.2) is 70.7 Å². The zero-order valence-electron chi connectivity index (χ0n) is 13.8. The number of rotatable bonds is 5. The van der Waals surface area contributed by atoms with Gasteiger partial charge in [-0.1, -0.05) is 0 Å². The van der Waals surface area contributed by atoms with Gasteiger partial charge in [0.2, 0.25) is 17.7 Å². The van der Waals surface area contributed by atoms with Crippen molar-refractivity contribution < 1.29 is 14.0 Å². The molecule has 0 unspecified atom stereocenters. The highest BCUT2D eigenvalue weighted by atomic mass is 16.4. The summed E-state index contributed by atoms with van der Waals surface area (Å²) in [4.78, 5) is 27.6. The summed E-state index contributed by atoms with van der Waals surface area (Å²) < 4.78 is 5.21. The molecule has 9 heteroatoms. The highest BCUT2D eigenvalue weighted by Gasteiger charge is 2.22. The number of carbonyl (C=O) groups is 2. The molecule has 1 aromatic heterocycles. The van der Waals surface area contributed by atoms with E-state index in [1.54, 1.807) is 11.8 Å². The number of aromatic nitrogens is 2. The number of carbonyl (C=O) groups excluding carboxylic acids is 2. The fourth-order valence-electron chi connectivity index (χ4n) is 2.35. The second kappa shape index (κ2) is 7.91. The Labute approximate surface area is 135 Å². The maximum atomic E-state index is 12.1. The predicted octanol–water partition coefficient (Wildman–Crippen LogP) is -0.270. The summed E-state index contributed by atoms with van der Waals surface area (Å²) >= 11 is 0. The summed E-state index contributed by atoms with van der Waals surface area (Å²) in [6, 6.07) is -0.0185. The minimum Gasteiger partial charge on any atom is -0.424 e. The second-order valence-electron chi connectivity index (χ2n) is 5.86. The number of aryl methyl sites for hydroxylation is 1. The van der Waals surface area contributed by atoms with Crippen molar-refractivity contribution in [3.8, 4) is 0 Å². The van der Waals surface area contributed by atoms with E-state index in [9.17, 15) is 9.59 Å². The summed E-state index contributed by atoms with van der Waals surface area (Å²) in [6.45, 7) is 8.69. The molecular formula is C14H24N6O3. The Morgan fingerprint density at radius 3 is 2.48 bits per heavy atom. The minimum atomic E-state index is -0.160. The normalized spacial score (nSPS) is 15.7. The summed E-state index contributed by atoms with van der Waals surface area (Å²) in [5, 5.41) is 13.2. The number of amides is 3. The average Bonchev–Trinajstić information content (AvgIpc) is 2.90. The van der Waals surface area contributed by atoms with Crippen LogP contribution in [0.1, 0.15) is 25.6 Å². The number of piperazine rings is 1. The lowest BCUT2D eigenvalue weighted by atomic mass is 10.3. The predicted molar refractivity (Wildman–Crippen MR) is 82.6 cm³/mol. The lowest BCUT2D eigenvalue weighted by molar-refractivity contribution is -0.123. The van der Waals surface area contributed by atoms with E-state index in [0.717, 1.165) is 0 Å². The van der Waals surface area contributed by atoms with Crippen molar-refractivity contribution in [2.24, 2.45) is 0 Å². The van der Waals surface area contributed by atoms with Crippen molar-refractivity contribution in [3.63, 3.8) is 0 Å². The Morgan fingerprint density at radius 2 is 1.91 bits per heavy atom. The number of hydrogen-bond acceptors (Lipinski definition) is 6. The van der Waals surface area contributed by atoms with Crippen molar-refractivity contribution in [1.82, 2.24) is 30.6 Å². The molecule has 128 valence electrons. The smallest absolute Gasteiger partial charge is 0.317 e. The van der Waals surface area contributed by atoms with Crippen LogP contribution in [0.25, 0.3) is 0 Å². The topological polar surface area (TPSA) is 104 Å². The second-order valence-corrected chi connectivity index (χ2v) is 5.86. The Kier molecular flexibility index (Phi) is 5.91. The molecule has 2 rings (SSSR count). The SMILES string of the molecule is Cc1nnc(CNC(=O)N2CCN(CC(=O)NC(C)C)CC2)o1. The molecule has 1 aromatic rings. The summed E-state index contributed by atoms with van der Waals surface area (Å²) in [5.41, 5.74) is 0. The molecule has 0 saturated carbocycles. The van der Waals surface area contributed by atoms with Crippen LogP contribution in [0.3, 0.4) is 0 Å². The van der Waals surface area contributed by atoms with Gasteiger partial charge in [-0.15, -0.1) is 10.2 Å². The molecule has 0 aromatic carbocycles. The van der Waals surface area contributed by atoms with Crippen molar-refractivity contribution in [1.29, 1.82) is 0 Å². The van der Waals surface area contributed by atoms with E-state index in [2.05, 4.69) is 20.8 Å². The van der Waals surface area contributed by atoms with Gasteiger partial charge in [0.1, 0.15) is 0 Å². The Hall–Kier alpha value is -2.16. The summed E-state index contributed by atoms with van der Waals surface area (Å²) in [6.07, 6.45) is 0. The number of nitrogens with one attached hydrogen (secondary N) is 2. The van der Waals surface area contributed by atoms with E-state index in [4.69, 9.17) is 4.42 Å². The van der Waals surface area contributed by atoms with Crippen LogP contribution in [0.2, 0.25) is 0 Å². The molecule has 3 amide bonds. The fourth-order valence-corrected chi connectivity index (χ4v) is 2.35. The van der Waals surface area contributed by atoms with Crippen LogP contribution < -0.4 is 10.6 Å².